The summed E-state index contributed by atoms with van der Waals surface area (Å²) in [4.78, 5) is 12.4. The fourth-order valence-corrected chi connectivity index (χ4v) is 2.49. The molecule has 1 atom stereocenters. The average Bonchev–Trinajstić information content (AvgIpc) is 3.13. The van der Waals surface area contributed by atoms with Gasteiger partial charge in [-0.25, -0.2) is 4.68 Å². The third-order valence-corrected chi connectivity index (χ3v) is 3.72. The van der Waals surface area contributed by atoms with Gasteiger partial charge in [-0.2, -0.15) is 5.10 Å². The smallest absolute Gasteiger partial charge is 0.272 e. The van der Waals surface area contributed by atoms with Crippen molar-refractivity contribution in [3.63, 3.8) is 0 Å². The van der Waals surface area contributed by atoms with Crippen LogP contribution in [0, 0.1) is 0 Å². The van der Waals surface area contributed by atoms with Gasteiger partial charge in [0.15, 0.2) is 5.69 Å². The van der Waals surface area contributed by atoms with Crippen molar-refractivity contribution in [3.8, 4) is 5.69 Å². The molecule has 0 aliphatic rings. The Hall–Kier alpha value is -2.92. The molecule has 2 aromatic carbocycles. The van der Waals surface area contributed by atoms with E-state index in [2.05, 4.69) is 10.4 Å². The maximum absolute atomic E-state index is 12.4. The normalized spacial score (nSPS) is 11.9. The zero-order valence-corrected chi connectivity index (χ0v) is 13.2. The summed E-state index contributed by atoms with van der Waals surface area (Å²) >= 11 is 0. The topological polar surface area (TPSA) is 67.2 Å². The molecule has 0 saturated heterocycles. The van der Waals surface area contributed by atoms with Crippen molar-refractivity contribution in [1.29, 1.82) is 0 Å². The number of hydrogen-bond acceptors (Lipinski definition) is 3. The number of benzene rings is 2. The summed E-state index contributed by atoms with van der Waals surface area (Å²) in [5.74, 6) is -0.292. The molecule has 1 aromatic heterocycles. The maximum Gasteiger partial charge on any atom is 0.272 e. The number of aliphatic hydroxyl groups is 1. The molecule has 5 nitrogen and oxygen atoms in total. The second kappa shape index (κ2) is 7.57. The third kappa shape index (κ3) is 3.88. The highest BCUT2D eigenvalue weighted by molar-refractivity contribution is 5.92. The number of rotatable bonds is 6. The van der Waals surface area contributed by atoms with Crippen molar-refractivity contribution in [1.82, 2.24) is 15.1 Å². The van der Waals surface area contributed by atoms with E-state index in [9.17, 15) is 9.90 Å². The maximum atomic E-state index is 12.4. The van der Waals surface area contributed by atoms with Gasteiger partial charge in [-0.15, -0.1) is 0 Å². The number of nitrogens with zero attached hydrogens (tertiary/aromatic N) is 2. The number of nitrogens with one attached hydrogen (secondary N) is 1. The van der Waals surface area contributed by atoms with Crippen molar-refractivity contribution >= 4 is 5.91 Å². The summed E-state index contributed by atoms with van der Waals surface area (Å²) in [5.41, 5.74) is 2.27. The first-order valence-electron chi connectivity index (χ1n) is 7.83. The van der Waals surface area contributed by atoms with E-state index in [0.29, 0.717) is 12.1 Å². The minimum absolute atomic E-state index is 0.125. The monoisotopic (exact) mass is 321 g/mol. The lowest BCUT2D eigenvalue weighted by Crippen LogP contribution is -2.39. The van der Waals surface area contributed by atoms with E-state index in [0.717, 1.165) is 11.3 Å². The van der Waals surface area contributed by atoms with Crippen molar-refractivity contribution < 1.29 is 9.90 Å². The van der Waals surface area contributed by atoms with Crippen LogP contribution in [0.25, 0.3) is 5.69 Å². The SMILES string of the molecule is O=C(NC(CO)Cc1ccccc1)c1ccn(-c2ccccc2)n1. The van der Waals surface area contributed by atoms with Gasteiger partial charge in [0.1, 0.15) is 0 Å². The van der Waals surface area contributed by atoms with Crippen LogP contribution in [0.1, 0.15) is 16.1 Å². The summed E-state index contributed by atoms with van der Waals surface area (Å²) in [6.07, 6.45) is 2.32. The quantitative estimate of drug-likeness (QED) is 0.731. The largest absolute Gasteiger partial charge is 0.394 e. The summed E-state index contributed by atoms with van der Waals surface area (Å²) in [6, 6.07) is 20.7. The number of hydrogen-bond donors (Lipinski definition) is 2. The van der Waals surface area contributed by atoms with Crippen LogP contribution in [0.15, 0.2) is 72.9 Å². The van der Waals surface area contributed by atoms with Crippen LogP contribution in [0.3, 0.4) is 0 Å². The van der Waals surface area contributed by atoms with Crippen LogP contribution in [0.4, 0.5) is 0 Å². The summed E-state index contributed by atoms with van der Waals surface area (Å²) in [5, 5.41) is 16.7. The molecule has 0 saturated carbocycles. The lowest BCUT2D eigenvalue weighted by atomic mass is 10.1. The van der Waals surface area contributed by atoms with Crippen LogP contribution in [0.2, 0.25) is 0 Å². The molecule has 2 N–H and O–H groups in total. The fourth-order valence-electron chi connectivity index (χ4n) is 2.49. The van der Waals surface area contributed by atoms with E-state index >= 15 is 0 Å². The van der Waals surface area contributed by atoms with Gasteiger partial charge in [-0.3, -0.25) is 4.79 Å². The van der Waals surface area contributed by atoms with Crippen molar-refractivity contribution in [2.24, 2.45) is 0 Å². The zero-order valence-electron chi connectivity index (χ0n) is 13.2. The molecule has 3 aromatic rings. The zero-order chi connectivity index (χ0) is 16.8. The predicted octanol–water partition coefficient (Wildman–Crippen LogP) is 2.21. The van der Waals surface area contributed by atoms with E-state index < -0.39 is 0 Å². The van der Waals surface area contributed by atoms with Gasteiger partial charge in [0.2, 0.25) is 0 Å². The summed E-state index contributed by atoms with van der Waals surface area (Å²) < 4.78 is 1.65. The highest BCUT2D eigenvalue weighted by Gasteiger charge is 2.16. The van der Waals surface area contributed by atoms with Crippen LogP contribution in [-0.2, 0) is 6.42 Å². The van der Waals surface area contributed by atoms with E-state index in [4.69, 9.17) is 0 Å². The number of para-hydroxylation sites is 1. The molecule has 1 heterocycles. The molecular weight excluding hydrogens is 302 g/mol. The lowest BCUT2D eigenvalue weighted by molar-refractivity contribution is 0.0911. The molecule has 122 valence electrons. The second-order valence-corrected chi connectivity index (χ2v) is 5.52. The second-order valence-electron chi connectivity index (χ2n) is 5.52. The molecule has 1 unspecified atom stereocenters. The molecule has 0 bridgehead atoms. The van der Waals surface area contributed by atoms with Gasteiger partial charge >= 0.3 is 0 Å². The predicted molar refractivity (Wildman–Crippen MR) is 92.1 cm³/mol. The molecule has 0 fully saturated rings. The molecule has 0 radical (unpaired) electrons. The molecule has 1 amide bonds. The van der Waals surface area contributed by atoms with Gasteiger partial charge in [0.25, 0.3) is 5.91 Å². The van der Waals surface area contributed by atoms with E-state index in [1.54, 1.807) is 16.9 Å². The number of aromatic nitrogens is 2. The standard InChI is InChI=1S/C19H19N3O2/c23-14-16(13-15-7-3-1-4-8-15)20-19(24)18-11-12-22(21-18)17-9-5-2-6-10-17/h1-12,16,23H,13-14H2,(H,20,24). The first kappa shape index (κ1) is 16.0. The first-order chi connectivity index (χ1) is 11.8. The van der Waals surface area contributed by atoms with Crippen molar-refractivity contribution in [3.05, 3.63) is 84.2 Å². The van der Waals surface area contributed by atoms with Crippen LogP contribution in [0.5, 0.6) is 0 Å². The highest BCUT2D eigenvalue weighted by Crippen LogP contribution is 2.08. The van der Waals surface area contributed by atoms with Crippen molar-refractivity contribution in [2.45, 2.75) is 12.5 Å². The van der Waals surface area contributed by atoms with E-state index in [1.807, 2.05) is 60.7 Å². The molecule has 0 spiro atoms. The Morgan fingerprint density at radius 2 is 1.71 bits per heavy atom. The van der Waals surface area contributed by atoms with Crippen LogP contribution >= 0.6 is 0 Å². The van der Waals surface area contributed by atoms with E-state index in [1.165, 1.54) is 0 Å². The molecular formula is C19H19N3O2. The Kier molecular flexibility index (Phi) is 5.03. The Morgan fingerprint density at radius 3 is 2.38 bits per heavy atom. The van der Waals surface area contributed by atoms with Gasteiger partial charge in [-0.1, -0.05) is 48.5 Å². The van der Waals surface area contributed by atoms with E-state index in [-0.39, 0.29) is 18.6 Å². The summed E-state index contributed by atoms with van der Waals surface area (Å²) in [7, 11) is 0. The Balaban J connectivity index is 1.67. The minimum atomic E-state index is -0.346. The molecule has 3 rings (SSSR count). The fraction of sp³-hybridized carbons (Fsp3) is 0.158. The Labute approximate surface area is 140 Å². The highest BCUT2D eigenvalue weighted by atomic mass is 16.3. The van der Waals surface area contributed by atoms with Crippen LogP contribution < -0.4 is 5.32 Å². The molecule has 0 aliphatic carbocycles. The number of carbonyl (C=O) groups excluding carboxylic acids is 1. The van der Waals surface area contributed by atoms with Gasteiger partial charge in [-0.05, 0) is 30.2 Å². The molecule has 5 heteroatoms. The number of aliphatic hydroxyl groups excluding tert-OH is 1. The Bertz CT molecular complexity index is 785. The molecule has 0 aliphatic heterocycles. The lowest BCUT2D eigenvalue weighted by Gasteiger charge is -2.15. The average molecular weight is 321 g/mol. The summed E-state index contributed by atoms with van der Waals surface area (Å²) in [6.45, 7) is -0.125. The van der Waals surface area contributed by atoms with Crippen molar-refractivity contribution in [2.75, 3.05) is 6.61 Å². The number of amides is 1. The third-order valence-electron chi connectivity index (χ3n) is 3.72. The minimum Gasteiger partial charge on any atom is -0.394 e. The Morgan fingerprint density at radius 1 is 1.04 bits per heavy atom. The van der Waals surface area contributed by atoms with Gasteiger partial charge in [0, 0.05) is 6.20 Å². The van der Waals surface area contributed by atoms with Gasteiger partial charge < -0.3 is 10.4 Å². The number of carbonyl (C=O) groups is 1. The molecule has 24 heavy (non-hydrogen) atoms. The van der Waals surface area contributed by atoms with Gasteiger partial charge in [0.05, 0.1) is 18.3 Å². The first-order valence-corrected chi connectivity index (χ1v) is 7.83. The van der Waals surface area contributed by atoms with Crippen LogP contribution in [-0.4, -0.2) is 33.4 Å².